The van der Waals surface area contributed by atoms with E-state index in [4.69, 9.17) is 18.9 Å². The lowest BCUT2D eigenvalue weighted by Gasteiger charge is -2.37. The van der Waals surface area contributed by atoms with Gasteiger partial charge in [0.1, 0.15) is 24.4 Å². The smallest absolute Gasteiger partial charge is 0.377 e. The normalized spacial score (nSPS) is 26.5. The van der Waals surface area contributed by atoms with Gasteiger partial charge in [0, 0.05) is 6.08 Å². The first-order chi connectivity index (χ1) is 30.1. The zero-order chi connectivity index (χ0) is 47.5. The molecule has 4 aliphatic rings. The lowest BCUT2D eigenvalue weighted by Crippen LogP contribution is -2.40. The van der Waals surface area contributed by atoms with Crippen molar-refractivity contribution in [3.63, 3.8) is 0 Å². The van der Waals surface area contributed by atoms with Gasteiger partial charge in [-0.15, -0.1) is 0 Å². The highest BCUT2D eigenvalue weighted by atomic mass is 16.6. The molecule has 0 fully saturated rings. The Hall–Kier alpha value is -5.86. The lowest BCUT2D eigenvalue weighted by molar-refractivity contribution is -0.151. The molecule has 0 spiro atoms. The van der Waals surface area contributed by atoms with Gasteiger partial charge in [0.25, 0.3) is 0 Å². The van der Waals surface area contributed by atoms with E-state index in [2.05, 4.69) is 0 Å². The van der Waals surface area contributed by atoms with Gasteiger partial charge in [-0.05, 0) is 88.0 Å². The van der Waals surface area contributed by atoms with E-state index in [1.807, 2.05) is 134 Å². The van der Waals surface area contributed by atoms with Crippen LogP contribution in [0.3, 0.4) is 0 Å². The van der Waals surface area contributed by atoms with Crippen LogP contribution in [0.5, 0.6) is 0 Å². The summed E-state index contributed by atoms with van der Waals surface area (Å²) in [5.74, 6) is -4.70. The number of Topliss-reactive ketones (excluding diaryl/α,β-unsaturated/α-hetero) is 2. The fourth-order valence-corrected chi connectivity index (χ4v) is 7.52. The number of carbonyl (C=O) groups excluding carboxylic acids is 4. The quantitative estimate of drug-likeness (QED) is 0.0657. The first kappa shape index (κ1) is 50.8. The Bertz CT molecular complexity index is 2240. The fraction of sp³-hybridized carbons (Fsp3) is 0.412. The largest absolute Gasteiger partial charge is 0.505 e. The van der Waals surface area contributed by atoms with Gasteiger partial charge in [-0.2, -0.15) is 0 Å². The van der Waals surface area contributed by atoms with E-state index < -0.39 is 65.8 Å². The van der Waals surface area contributed by atoms with E-state index in [0.717, 1.165) is 39.5 Å². The summed E-state index contributed by atoms with van der Waals surface area (Å²) in [6.45, 7) is 16.9. The summed E-state index contributed by atoms with van der Waals surface area (Å²) >= 11 is 0. The second kappa shape index (κ2) is 22.7. The van der Waals surface area contributed by atoms with Gasteiger partial charge in [0.05, 0.1) is 13.2 Å². The van der Waals surface area contributed by atoms with E-state index in [0.29, 0.717) is 24.0 Å². The van der Waals surface area contributed by atoms with Crippen LogP contribution in [-0.2, 0) is 38.1 Å². The van der Waals surface area contributed by atoms with Gasteiger partial charge in [0.15, 0.2) is 29.5 Å². The van der Waals surface area contributed by atoms with Crippen molar-refractivity contribution in [2.24, 2.45) is 11.3 Å². The zero-order valence-electron chi connectivity index (χ0n) is 38.0. The van der Waals surface area contributed by atoms with Gasteiger partial charge in [-0.1, -0.05) is 128 Å². The van der Waals surface area contributed by atoms with Crippen molar-refractivity contribution in [1.82, 2.24) is 0 Å². The molecular formula is C51H62O13. The van der Waals surface area contributed by atoms with Crippen LogP contribution in [0.2, 0.25) is 0 Å². The number of ketones is 2. The lowest BCUT2D eigenvalue weighted by atomic mass is 9.71. The molecule has 0 aromatic carbocycles. The standard InChI is InChI=1S/C51H62O13/c1-29(16-12-18-31(3)20-22-36-33(5)24-42(44(55)34(36)6)61-28-40(54)48-46(57)47(58)50(60)64-48)14-10-11-15-30(2)17-13-19-32(4)21-23-37-35(7)45(56)43(26-51(37,8)9)62-27-39(53)41-25-38(52)49(59)63-41/h10-23,25,33,39-43,48,52-54,57-58H,24,26-28H2,1-9H3/b11-10+,16-12+,17-13+,22-20+,23-21+,29-14+,30-15+,31-18+,32-19+. The molecule has 5 N–H and O–H groups in total. The Morgan fingerprint density at radius 2 is 1.23 bits per heavy atom. The number of rotatable bonds is 18. The third-order valence-corrected chi connectivity index (χ3v) is 11.4. The first-order valence-electron chi connectivity index (χ1n) is 21.2. The van der Waals surface area contributed by atoms with Gasteiger partial charge in [-0.25, -0.2) is 9.59 Å². The molecule has 13 nitrogen and oxygen atoms in total. The van der Waals surface area contributed by atoms with Crippen LogP contribution in [0.25, 0.3) is 0 Å². The Kier molecular flexibility index (Phi) is 18.0. The van der Waals surface area contributed by atoms with Crippen LogP contribution in [0, 0.1) is 11.3 Å². The average molecular weight is 883 g/mol. The summed E-state index contributed by atoms with van der Waals surface area (Å²) in [7, 11) is 0. The third-order valence-electron chi connectivity index (χ3n) is 11.4. The molecule has 64 heavy (non-hydrogen) atoms. The van der Waals surface area contributed by atoms with E-state index in [9.17, 15) is 44.7 Å². The highest BCUT2D eigenvalue weighted by Crippen LogP contribution is 2.41. The molecule has 2 aliphatic carbocycles. The third kappa shape index (κ3) is 13.6. The topological polar surface area (TPSA) is 206 Å². The van der Waals surface area contributed by atoms with Crippen LogP contribution in [-0.4, -0.2) is 98.9 Å². The van der Waals surface area contributed by atoms with Crippen LogP contribution < -0.4 is 0 Å². The predicted octanol–water partition coefficient (Wildman–Crippen LogP) is 7.91. The average Bonchev–Trinajstić information content (AvgIpc) is 3.71. The molecule has 0 radical (unpaired) electrons. The minimum absolute atomic E-state index is 0.0111. The SMILES string of the molecule is CC1=C(/C=C/C(C)=C/C=C/C(C)=C/C=C/C=C(C)/C=C/C=C(C)/C=C/C2=C(C)C(=O)C(OCC(O)C3C=C(O)C(=O)O3)CC2(C)C)C(C)CC(OCC(O)C2OC(=O)C(O)=C2O)C1=O. The van der Waals surface area contributed by atoms with Gasteiger partial charge < -0.3 is 44.5 Å². The number of aliphatic hydroxyl groups is 5. The molecule has 2 heterocycles. The van der Waals surface area contributed by atoms with Gasteiger partial charge >= 0.3 is 11.9 Å². The maximum atomic E-state index is 13.2. The maximum Gasteiger partial charge on any atom is 0.377 e. The summed E-state index contributed by atoms with van der Waals surface area (Å²) in [5.41, 5.74) is 6.65. The summed E-state index contributed by atoms with van der Waals surface area (Å²) in [6.07, 6.45) is 22.9. The molecule has 4 rings (SSSR count). The zero-order valence-corrected chi connectivity index (χ0v) is 38.0. The number of hydrogen-bond donors (Lipinski definition) is 5. The minimum Gasteiger partial charge on any atom is -0.505 e. The number of allylic oxidation sites excluding steroid dienone is 20. The maximum absolute atomic E-state index is 13.2. The fourth-order valence-electron chi connectivity index (χ4n) is 7.52. The number of hydrogen-bond acceptors (Lipinski definition) is 13. The Labute approximate surface area is 375 Å². The van der Waals surface area contributed by atoms with Crippen molar-refractivity contribution in [1.29, 1.82) is 0 Å². The van der Waals surface area contributed by atoms with Crippen LogP contribution in [0.15, 0.2) is 153 Å². The molecule has 344 valence electrons. The Morgan fingerprint density at radius 1 is 0.719 bits per heavy atom. The van der Waals surface area contributed by atoms with Crippen LogP contribution in [0.1, 0.15) is 75.2 Å². The highest BCUT2D eigenvalue weighted by molar-refractivity contribution is 6.01. The van der Waals surface area contributed by atoms with E-state index in [1.165, 1.54) is 0 Å². The molecule has 0 aromatic rings. The Balaban J connectivity index is 1.24. The molecule has 13 heteroatoms. The summed E-state index contributed by atoms with van der Waals surface area (Å²) in [4.78, 5) is 49.2. The molecule has 0 saturated carbocycles. The predicted molar refractivity (Wildman–Crippen MR) is 243 cm³/mol. The number of cyclic esters (lactones) is 2. The summed E-state index contributed by atoms with van der Waals surface area (Å²) < 4.78 is 21.1. The monoisotopic (exact) mass is 882 g/mol. The number of aliphatic hydroxyl groups excluding tert-OH is 5. The Morgan fingerprint density at radius 3 is 1.78 bits per heavy atom. The molecule has 0 saturated heterocycles. The van der Waals surface area contributed by atoms with E-state index in [1.54, 1.807) is 13.8 Å². The molecule has 0 aromatic heterocycles. The van der Waals surface area contributed by atoms with Gasteiger partial charge in [-0.3, -0.25) is 9.59 Å². The highest BCUT2D eigenvalue weighted by Gasteiger charge is 2.41. The van der Waals surface area contributed by atoms with Crippen LogP contribution >= 0.6 is 0 Å². The van der Waals surface area contributed by atoms with Crippen molar-refractivity contribution in [2.45, 2.75) is 112 Å². The van der Waals surface area contributed by atoms with E-state index >= 15 is 0 Å². The molecule has 7 atom stereocenters. The summed E-state index contributed by atoms with van der Waals surface area (Å²) in [6, 6.07) is 0. The van der Waals surface area contributed by atoms with E-state index in [-0.39, 0.29) is 36.1 Å². The molecular weight excluding hydrogens is 821 g/mol. The van der Waals surface area contributed by atoms with Crippen molar-refractivity contribution in [3.8, 4) is 0 Å². The van der Waals surface area contributed by atoms with Crippen molar-refractivity contribution in [3.05, 3.63) is 153 Å². The summed E-state index contributed by atoms with van der Waals surface area (Å²) in [5, 5.41) is 49.5. The number of carbonyl (C=O) groups is 4. The van der Waals surface area contributed by atoms with Gasteiger partial charge in [0.2, 0.25) is 11.5 Å². The second-order valence-electron chi connectivity index (χ2n) is 17.2. The van der Waals surface area contributed by atoms with Crippen molar-refractivity contribution < 1.29 is 63.7 Å². The van der Waals surface area contributed by atoms with Crippen molar-refractivity contribution in [2.75, 3.05) is 13.2 Å². The van der Waals surface area contributed by atoms with Crippen molar-refractivity contribution >= 4 is 23.5 Å². The number of ether oxygens (including phenoxy) is 4. The molecule has 2 aliphatic heterocycles. The molecule has 0 bridgehead atoms. The first-order valence-corrected chi connectivity index (χ1v) is 21.2. The second-order valence-corrected chi connectivity index (χ2v) is 17.2. The minimum atomic E-state index is -1.46. The molecule has 7 unspecified atom stereocenters. The van der Waals surface area contributed by atoms with Crippen LogP contribution in [0.4, 0.5) is 0 Å². The number of esters is 2. The molecule has 0 amide bonds.